The van der Waals surface area contributed by atoms with E-state index in [2.05, 4.69) is 21.5 Å². The molecule has 3 rings (SSSR count). The Bertz CT molecular complexity index is 1450. The Morgan fingerprint density at radius 1 is 0.709 bits per heavy atom. The van der Waals surface area contributed by atoms with Gasteiger partial charge in [-0.1, -0.05) is 0 Å². The van der Waals surface area contributed by atoms with Crippen molar-refractivity contribution < 1.29 is 76.0 Å². The molecular weight excluding hydrogens is 777 g/mol. The first-order valence-electron chi connectivity index (χ1n) is 17.5. The van der Waals surface area contributed by atoms with Gasteiger partial charge in [0.15, 0.2) is 0 Å². The van der Waals surface area contributed by atoms with E-state index >= 15 is 0 Å². The number of carboxylic acid groups (broad SMARTS) is 3. The minimum Gasteiger partial charge on any atom is -0.480 e. The van der Waals surface area contributed by atoms with Crippen LogP contribution in [0.3, 0.4) is 0 Å². The molecule has 0 aromatic heterocycles. The predicted molar refractivity (Wildman–Crippen MR) is 192 cm³/mol. The number of carbonyl (C=O) groups is 7. The van der Waals surface area contributed by atoms with Crippen molar-refractivity contribution in [2.45, 2.75) is 31.7 Å². The van der Waals surface area contributed by atoms with E-state index in [9.17, 15) is 58.9 Å². The molecule has 0 bridgehead atoms. The maximum absolute atomic E-state index is 12.9. The Hall–Kier alpha value is -4.35. The van der Waals surface area contributed by atoms with Gasteiger partial charge in [0, 0.05) is 81.5 Å². The van der Waals surface area contributed by atoms with Gasteiger partial charge in [-0.25, -0.2) is 0 Å². The van der Waals surface area contributed by atoms with Gasteiger partial charge in [0.2, 0.25) is 11.8 Å². The Kier molecular flexibility index (Phi) is 20.0. The molecule has 0 aliphatic carbocycles. The molecule has 2 aliphatic heterocycles. The van der Waals surface area contributed by atoms with Crippen LogP contribution in [0.4, 0.5) is 5.69 Å². The molecule has 2 fully saturated rings. The van der Waals surface area contributed by atoms with Crippen LogP contribution < -0.4 is 21.5 Å². The normalized spacial score (nSPS) is 18.4. The van der Waals surface area contributed by atoms with E-state index < -0.39 is 67.2 Å². The van der Waals surface area contributed by atoms with Crippen molar-refractivity contribution >= 4 is 54.3 Å². The molecule has 1 aromatic rings. The number of hydrogen-bond donors (Lipinski definition) is 9. The van der Waals surface area contributed by atoms with Gasteiger partial charge < -0.3 is 40.9 Å². The maximum atomic E-state index is 12.9. The first-order valence-corrected chi connectivity index (χ1v) is 17.5. The second-order valence-corrected chi connectivity index (χ2v) is 13.2. The van der Waals surface area contributed by atoms with Crippen LogP contribution in [0.15, 0.2) is 24.3 Å². The Morgan fingerprint density at radius 3 is 1.60 bits per heavy atom. The second kappa shape index (κ2) is 23.5. The number of hydrazine groups is 1. The molecule has 2 aliphatic rings. The second-order valence-electron chi connectivity index (χ2n) is 13.2. The summed E-state index contributed by atoms with van der Waals surface area (Å²) in [5.41, 5.74) is 5.76. The van der Waals surface area contributed by atoms with E-state index in [-0.39, 0.29) is 101 Å². The summed E-state index contributed by atoms with van der Waals surface area (Å²) in [6.45, 7) is 2.32. The summed E-state index contributed by atoms with van der Waals surface area (Å²) in [7, 11) is -1.67. The minimum absolute atomic E-state index is 0. The Labute approximate surface area is 328 Å². The smallest absolute Gasteiger partial charge is 0.475 e. The molecule has 2 saturated heterocycles. The van der Waals surface area contributed by atoms with Crippen LogP contribution in [-0.4, -0.2) is 202 Å². The summed E-state index contributed by atoms with van der Waals surface area (Å²) >= 11 is 0. The van der Waals surface area contributed by atoms with Gasteiger partial charge in [-0.3, -0.25) is 64.0 Å². The first-order chi connectivity index (χ1) is 25.6. The monoisotopic (exact) mass is 826 g/mol. The van der Waals surface area contributed by atoms with E-state index in [0.29, 0.717) is 25.1 Å². The van der Waals surface area contributed by atoms with Crippen molar-refractivity contribution in [1.82, 2.24) is 40.6 Å². The van der Waals surface area contributed by atoms with Gasteiger partial charge >= 0.3 is 25.0 Å². The minimum atomic E-state index is -1.67. The van der Waals surface area contributed by atoms with Crippen LogP contribution >= 0.6 is 0 Å². The van der Waals surface area contributed by atoms with Gasteiger partial charge in [-0.2, -0.15) is 0 Å². The predicted octanol–water partition coefficient (Wildman–Crippen LogP) is -4.16. The number of benzene rings is 1. The average Bonchev–Trinajstić information content (AvgIpc) is 3.61. The Balaban J connectivity index is 0.0000105. The van der Waals surface area contributed by atoms with Crippen LogP contribution in [0.5, 0.6) is 0 Å². The molecule has 21 nitrogen and oxygen atoms in total. The summed E-state index contributed by atoms with van der Waals surface area (Å²) in [6.07, 6.45) is 1.07. The molecule has 309 valence electrons. The fourth-order valence-electron chi connectivity index (χ4n) is 6.08. The third-order valence-corrected chi connectivity index (χ3v) is 8.96. The summed E-state index contributed by atoms with van der Waals surface area (Å²) in [5, 5.41) is 52.3. The van der Waals surface area contributed by atoms with Gasteiger partial charge in [-0.15, -0.1) is 0 Å². The molecule has 55 heavy (non-hydrogen) atoms. The molecular formula is C32H50BCuN9O12. The number of nitrogens with zero attached hydrogens (tertiary/aromatic N) is 5. The summed E-state index contributed by atoms with van der Waals surface area (Å²) in [6, 6.07) is 5.06. The van der Waals surface area contributed by atoms with Crippen molar-refractivity contribution in [3.05, 3.63) is 29.8 Å². The fourth-order valence-corrected chi connectivity index (χ4v) is 6.08. The molecule has 9 N–H and O–H groups in total. The zero-order valence-corrected chi connectivity index (χ0v) is 31.4. The van der Waals surface area contributed by atoms with E-state index in [1.807, 2.05) is 0 Å². The van der Waals surface area contributed by atoms with Crippen molar-refractivity contribution in [2.75, 3.05) is 97.1 Å². The van der Waals surface area contributed by atoms with E-state index in [0.717, 1.165) is 0 Å². The van der Waals surface area contributed by atoms with Crippen molar-refractivity contribution in [3.8, 4) is 0 Å². The van der Waals surface area contributed by atoms with Gasteiger partial charge in [0.05, 0.1) is 44.4 Å². The molecule has 1 aromatic carbocycles. The van der Waals surface area contributed by atoms with Crippen LogP contribution in [0.1, 0.15) is 30.1 Å². The zero-order valence-electron chi connectivity index (χ0n) is 30.5. The number of anilines is 1. The largest absolute Gasteiger partial charge is 0.480 e. The number of hydrogen-bond acceptors (Lipinski definition) is 14. The fraction of sp³-hybridized carbons (Fsp3) is 0.594. The van der Waals surface area contributed by atoms with Crippen LogP contribution in [0.25, 0.3) is 0 Å². The topological polar surface area (TPSA) is 285 Å². The Morgan fingerprint density at radius 2 is 1.16 bits per heavy atom. The number of amides is 4. The number of rotatable bonds is 16. The van der Waals surface area contributed by atoms with Crippen molar-refractivity contribution in [2.24, 2.45) is 0 Å². The van der Waals surface area contributed by atoms with Gasteiger partial charge in [0.25, 0.3) is 11.8 Å². The van der Waals surface area contributed by atoms with E-state index in [4.69, 9.17) is 0 Å². The van der Waals surface area contributed by atoms with Crippen LogP contribution in [0.2, 0.25) is 0 Å². The molecule has 23 heteroatoms. The summed E-state index contributed by atoms with van der Waals surface area (Å²) in [4.78, 5) is 93.2. The average molecular weight is 827 g/mol. The van der Waals surface area contributed by atoms with Crippen LogP contribution in [-0.2, 0) is 45.8 Å². The molecule has 0 unspecified atom stereocenters. The van der Waals surface area contributed by atoms with Crippen LogP contribution in [0, 0.1) is 0 Å². The molecule has 2 heterocycles. The van der Waals surface area contributed by atoms with Gasteiger partial charge in [-0.05, 0) is 44.0 Å². The number of aliphatic carboxylic acids is 3. The van der Waals surface area contributed by atoms with Crippen molar-refractivity contribution in [3.63, 3.8) is 0 Å². The molecule has 2 atom stereocenters. The molecule has 4 amide bonds. The van der Waals surface area contributed by atoms with Crippen molar-refractivity contribution in [1.29, 1.82) is 0 Å². The SMILES string of the molecule is C[C@@H](NC(=O)c1ccc(NNC(=O)CNC(=O)CN2CCN(CC(=O)O)CCN(CC(=O)O)CCN(CC(=O)O)CC2)cc1)C(=O)N1CCC[C@H]1B(O)O.[Cu]. The molecule has 1 radical (unpaired) electrons. The number of carbonyl (C=O) groups excluding carboxylic acids is 4. The number of nitrogens with one attached hydrogen (secondary N) is 4. The van der Waals surface area contributed by atoms with E-state index in [1.54, 1.807) is 19.6 Å². The number of likely N-dealkylation sites (tertiary alicyclic amines) is 1. The third kappa shape index (κ3) is 16.9. The van der Waals surface area contributed by atoms with E-state index in [1.165, 1.54) is 36.1 Å². The summed E-state index contributed by atoms with van der Waals surface area (Å²) in [5.74, 6) is -5.97. The molecule has 0 spiro atoms. The zero-order chi connectivity index (χ0) is 39.8. The summed E-state index contributed by atoms with van der Waals surface area (Å²) < 4.78 is 0. The van der Waals surface area contributed by atoms with Gasteiger partial charge in [0.1, 0.15) is 6.04 Å². The quantitative estimate of drug-likeness (QED) is 0.0565. The number of carboxylic acids is 3. The molecule has 0 saturated carbocycles. The standard InChI is InChI=1S/C32H50BN9O12.Cu/c1-22(32(52)42-8-2-3-25(42)33(53)54)35-31(51)23-4-6-24(7-5-23)36-37-26(43)17-34-27(44)18-38-9-11-39(19-28(45)46)13-15-41(21-30(49)50)16-14-40(12-10-38)20-29(47)48;/h4-7,22,25,36,53-54H,2-3,8-21H2,1H3,(H,34,44)(H,35,51)(H,37,43)(H,45,46)(H,47,48)(H,49,50);/t22-,25+;/m1./s1. The maximum Gasteiger partial charge on any atom is 0.475 e. The first kappa shape index (κ1) is 46.8. The third-order valence-electron chi connectivity index (χ3n) is 8.96.